The topological polar surface area (TPSA) is 92.3 Å². The number of rotatable bonds is 6. The lowest BCUT2D eigenvalue weighted by atomic mass is 10.1. The Labute approximate surface area is 201 Å². The smallest absolute Gasteiger partial charge is 0.269 e. The molecule has 1 aliphatic rings. The van der Waals surface area contributed by atoms with Crippen molar-refractivity contribution in [3.05, 3.63) is 87.1 Å². The third kappa shape index (κ3) is 4.13. The Morgan fingerprint density at radius 1 is 1.03 bits per heavy atom. The molecule has 0 saturated carbocycles. The number of hydrogen-bond donors (Lipinski definition) is 1. The highest BCUT2D eigenvalue weighted by molar-refractivity contribution is 7.17. The molecule has 170 valence electrons. The average Bonchev–Trinajstić information content (AvgIpc) is 3.51. The van der Waals surface area contributed by atoms with E-state index in [2.05, 4.69) is 15.3 Å². The van der Waals surface area contributed by atoms with Gasteiger partial charge in [-0.3, -0.25) is 24.6 Å². The third-order valence-electron chi connectivity index (χ3n) is 5.33. The molecule has 2 aromatic carbocycles. The lowest BCUT2D eigenvalue weighted by molar-refractivity contribution is 0.0656. The van der Waals surface area contributed by atoms with Crippen LogP contribution in [0, 0.1) is 12.7 Å². The van der Waals surface area contributed by atoms with Crippen molar-refractivity contribution in [3.63, 3.8) is 0 Å². The summed E-state index contributed by atoms with van der Waals surface area (Å²) in [6.45, 7) is 1.98. The molecule has 0 radical (unpaired) electrons. The van der Waals surface area contributed by atoms with Gasteiger partial charge in [0.25, 0.3) is 17.7 Å². The number of carbonyl (C=O) groups is 3. The monoisotopic (exact) mass is 492 g/mol. The van der Waals surface area contributed by atoms with Crippen molar-refractivity contribution >= 4 is 45.5 Å². The molecular formula is C24H17FN4O3S2. The number of carbonyl (C=O) groups excluding carboxylic acids is 3. The molecule has 0 fully saturated rings. The summed E-state index contributed by atoms with van der Waals surface area (Å²) in [5.74, 6) is -1.25. The largest absolute Gasteiger partial charge is 0.297 e. The molecule has 1 aliphatic heterocycles. The number of fused-ring (bicyclic) bond motifs is 1. The van der Waals surface area contributed by atoms with Crippen LogP contribution in [0.15, 0.2) is 54.7 Å². The van der Waals surface area contributed by atoms with Crippen LogP contribution in [0.25, 0.3) is 10.6 Å². The molecule has 7 nitrogen and oxygen atoms in total. The van der Waals surface area contributed by atoms with Gasteiger partial charge in [-0.15, -0.1) is 22.7 Å². The summed E-state index contributed by atoms with van der Waals surface area (Å²) in [5.41, 5.74) is 2.15. The highest BCUT2D eigenvalue weighted by Crippen LogP contribution is 2.29. The Hall–Kier alpha value is -3.76. The molecular weight excluding hydrogens is 475 g/mol. The van der Waals surface area contributed by atoms with Crippen LogP contribution in [0.4, 0.5) is 9.52 Å². The van der Waals surface area contributed by atoms with Crippen LogP contribution in [-0.4, -0.2) is 39.1 Å². The fourth-order valence-electron chi connectivity index (χ4n) is 3.62. The summed E-state index contributed by atoms with van der Waals surface area (Å²) in [5, 5.41) is 3.83. The quantitative estimate of drug-likeness (QED) is 0.390. The van der Waals surface area contributed by atoms with Crippen molar-refractivity contribution in [2.45, 2.75) is 13.3 Å². The number of anilines is 1. The Balaban J connectivity index is 1.23. The zero-order valence-corrected chi connectivity index (χ0v) is 19.5. The molecule has 0 saturated heterocycles. The van der Waals surface area contributed by atoms with Crippen molar-refractivity contribution in [1.82, 2.24) is 14.9 Å². The van der Waals surface area contributed by atoms with E-state index in [1.165, 1.54) is 39.7 Å². The van der Waals surface area contributed by atoms with Crippen LogP contribution in [0.5, 0.6) is 0 Å². The van der Waals surface area contributed by atoms with E-state index in [1.807, 2.05) is 0 Å². The molecule has 0 bridgehead atoms. The van der Waals surface area contributed by atoms with Gasteiger partial charge >= 0.3 is 0 Å². The molecule has 3 heterocycles. The zero-order chi connectivity index (χ0) is 23.8. The molecule has 4 aromatic rings. The Morgan fingerprint density at radius 2 is 1.71 bits per heavy atom. The summed E-state index contributed by atoms with van der Waals surface area (Å²) in [7, 11) is 0. The third-order valence-corrected chi connectivity index (χ3v) is 7.51. The minimum absolute atomic E-state index is 0.233. The Morgan fingerprint density at radius 3 is 2.38 bits per heavy atom. The van der Waals surface area contributed by atoms with E-state index < -0.39 is 0 Å². The van der Waals surface area contributed by atoms with Crippen molar-refractivity contribution in [1.29, 1.82) is 0 Å². The van der Waals surface area contributed by atoms with Gasteiger partial charge in [0.1, 0.15) is 15.7 Å². The molecule has 0 unspecified atom stereocenters. The predicted molar refractivity (Wildman–Crippen MR) is 128 cm³/mol. The number of aromatic nitrogens is 2. The normalized spacial score (nSPS) is 12.8. The Bertz CT molecular complexity index is 1390. The number of nitrogens with zero attached hydrogens (tertiary/aromatic N) is 3. The van der Waals surface area contributed by atoms with Crippen LogP contribution in [-0.2, 0) is 6.42 Å². The van der Waals surface area contributed by atoms with Gasteiger partial charge in [0.2, 0.25) is 0 Å². The molecule has 3 amide bonds. The van der Waals surface area contributed by atoms with Gasteiger partial charge in [-0.2, -0.15) is 0 Å². The van der Waals surface area contributed by atoms with E-state index in [0.717, 1.165) is 10.4 Å². The van der Waals surface area contributed by atoms with Gasteiger partial charge in [0, 0.05) is 29.6 Å². The second-order valence-electron chi connectivity index (χ2n) is 7.58. The first-order valence-corrected chi connectivity index (χ1v) is 12.0. The fourth-order valence-corrected chi connectivity index (χ4v) is 5.39. The standard InChI is InChI=1S/C24H17FN4O3S2/c1-13-19(34-21(27-13)14-6-8-15(25)9-7-14)20(30)28-24-26-12-16(33-24)10-11-29-22(31)17-4-2-3-5-18(17)23(29)32/h2-9,12H,10-11H2,1H3,(H,26,28,30). The predicted octanol–water partition coefficient (Wildman–Crippen LogP) is 4.81. The molecule has 2 aromatic heterocycles. The van der Waals surface area contributed by atoms with Crippen molar-refractivity contribution in [2.75, 3.05) is 11.9 Å². The molecule has 1 N–H and O–H groups in total. The van der Waals surface area contributed by atoms with Gasteiger partial charge in [0.15, 0.2) is 5.13 Å². The summed E-state index contributed by atoms with van der Waals surface area (Å²) >= 11 is 2.51. The van der Waals surface area contributed by atoms with Crippen LogP contribution in [0.2, 0.25) is 0 Å². The number of nitrogens with one attached hydrogen (secondary N) is 1. The first-order chi connectivity index (χ1) is 16.4. The van der Waals surface area contributed by atoms with Crippen LogP contribution in [0.3, 0.4) is 0 Å². The second-order valence-corrected chi connectivity index (χ2v) is 9.70. The molecule has 0 atom stereocenters. The molecule has 0 spiro atoms. The minimum atomic E-state index is -0.336. The number of halogens is 1. The number of amides is 3. The van der Waals surface area contributed by atoms with E-state index in [9.17, 15) is 18.8 Å². The molecule has 34 heavy (non-hydrogen) atoms. The van der Waals surface area contributed by atoms with E-state index in [4.69, 9.17) is 0 Å². The lowest BCUT2D eigenvalue weighted by Crippen LogP contribution is -2.31. The first-order valence-electron chi connectivity index (χ1n) is 10.4. The highest BCUT2D eigenvalue weighted by atomic mass is 32.1. The van der Waals surface area contributed by atoms with Gasteiger partial charge in [-0.1, -0.05) is 12.1 Å². The maximum absolute atomic E-state index is 13.2. The van der Waals surface area contributed by atoms with Gasteiger partial charge in [0.05, 0.1) is 16.8 Å². The first kappa shape index (κ1) is 22.1. The number of imide groups is 1. The summed E-state index contributed by atoms with van der Waals surface area (Å²) < 4.78 is 13.2. The second kappa shape index (κ2) is 8.88. The van der Waals surface area contributed by atoms with E-state index in [1.54, 1.807) is 49.5 Å². The number of benzene rings is 2. The van der Waals surface area contributed by atoms with Crippen LogP contribution >= 0.6 is 22.7 Å². The fraction of sp³-hybridized carbons (Fsp3) is 0.125. The lowest BCUT2D eigenvalue weighted by Gasteiger charge is -2.12. The molecule has 0 aliphatic carbocycles. The van der Waals surface area contributed by atoms with Crippen LogP contribution in [0.1, 0.15) is 41.0 Å². The summed E-state index contributed by atoms with van der Waals surface area (Å²) in [6.07, 6.45) is 2.06. The van der Waals surface area contributed by atoms with E-state index in [-0.39, 0.29) is 30.1 Å². The van der Waals surface area contributed by atoms with Crippen molar-refractivity contribution in [3.8, 4) is 10.6 Å². The van der Waals surface area contributed by atoms with Crippen molar-refractivity contribution in [2.24, 2.45) is 0 Å². The Kier molecular flexibility index (Phi) is 5.76. The van der Waals surface area contributed by atoms with E-state index >= 15 is 0 Å². The molecule has 5 rings (SSSR count). The van der Waals surface area contributed by atoms with Crippen LogP contribution < -0.4 is 5.32 Å². The van der Waals surface area contributed by atoms with E-state index in [0.29, 0.717) is 38.3 Å². The minimum Gasteiger partial charge on any atom is -0.297 e. The van der Waals surface area contributed by atoms with Gasteiger partial charge < -0.3 is 0 Å². The summed E-state index contributed by atoms with van der Waals surface area (Å²) in [6, 6.07) is 12.7. The average molecular weight is 493 g/mol. The van der Waals surface area contributed by atoms with Crippen molar-refractivity contribution < 1.29 is 18.8 Å². The maximum atomic E-state index is 13.2. The zero-order valence-electron chi connectivity index (χ0n) is 17.9. The number of aryl methyl sites for hydroxylation is 1. The summed E-state index contributed by atoms with van der Waals surface area (Å²) in [4.78, 5) is 49.0. The highest BCUT2D eigenvalue weighted by Gasteiger charge is 2.34. The maximum Gasteiger partial charge on any atom is 0.269 e. The van der Waals surface area contributed by atoms with Gasteiger partial charge in [-0.05, 0) is 43.3 Å². The molecule has 10 heteroatoms. The SMILES string of the molecule is Cc1nc(-c2ccc(F)cc2)sc1C(=O)Nc1ncc(CCN2C(=O)c3ccccc3C2=O)s1. The number of thiazole rings is 2. The van der Waals surface area contributed by atoms with Gasteiger partial charge in [-0.25, -0.2) is 14.4 Å². The number of hydrogen-bond acceptors (Lipinski definition) is 7.